The molecule has 0 amide bonds. The molecule has 3 heteroatoms. The van der Waals surface area contributed by atoms with E-state index in [1.807, 2.05) is 0 Å². The van der Waals surface area contributed by atoms with Crippen molar-refractivity contribution in [1.82, 2.24) is 10.4 Å². The predicted octanol–water partition coefficient (Wildman–Crippen LogP) is 0.450. The molecular formula is C7H16N2O. The van der Waals surface area contributed by atoms with Crippen LogP contribution in [-0.2, 0) is 0 Å². The van der Waals surface area contributed by atoms with Crippen LogP contribution in [0.25, 0.3) is 0 Å². The summed E-state index contributed by atoms with van der Waals surface area (Å²) >= 11 is 0. The van der Waals surface area contributed by atoms with Gasteiger partial charge in [-0.15, -0.1) is 0 Å². The monoisotopic (exact) mass is 144 g/mol. The molecule has 0 aromatic heterocycles. The molecule has 0 aliphatic carbocycles. The molecule has 1 saturated heterocycles. The Hall–Kier alpha value is -0.120. The normalized spacial score (nSPS) is 27.6. The van der Waals surface area contributed by atoms with Crippen molar-refractivity contribution in [3.8, 4) is 0 Å². The largest absolute Gasteiger partial charge is 0.317 e. The number of nitrogens with one attached hydrogen (secondary N) is 1. The van der Waals surface area contributed by atoms with E-state index < -0.39 is 0 Å². The molecule has 3 nitrogen and oxygen atoms in total. The Morgan fingerprint density at radius 1 is 1.70 bits per heavy atom. The van der Waals surface area contributed by atoms with Crippen LogP contribution in [0.5, 0.6) is 0 Å². The van der Waals surface area contributed by atoms with E-state index in [0.717, 1.165) is 13.0 Å². The Bertz CT molecular complexity index is 97.6. The molecular weight excluding hydrogens is 128 g/mol. The summed E-state index contributed by atoms with van der Waals surface area (Å²) in [5, 5.41) is 8.34. The lowest BCUT2D eigenvalue weighted by atomic mass is 10.1. The van der Waals surface area contributed by atoms with Gasteiger partial charge in [0.1, 0.15) is 0 Å². The summed E-state index contributed by atoms with van der Waals surface area (Å²) in [7, 11) is 2.15. The zero-order valence-corrected chi connectivity index (χ0v) is 6.51. The third kappa shape index (κ3) is 1.94. The number of hydroxylamine groups is 1. The maximum Gasteiger partial charge on any atom is 0.0222 e. The average Bonchev–Trinajstić information content (AvgIpc) is 2.31. The summed E-state index contributed by atoms with van der Waals surface area (Å²) in [6, 6.07) is 0.694. The van der Waals surface area contributed by atoms with Gasteiger partial charge in [-0.25, -0.2) is 5.48 Å². The van der Waals surface area contributed by atoms with E-state index in [0.29, 0.717) is 6.04 Å². The number of hydrogen-bond donors (Lipinski definition) is 2. The van der Waals surface area contributed by atoms with E-state index in [1.165, 1.54) is 19.4 Å². The lowest BCUT2D eigenvalue weighted by Gasteiger charge is -2.18. The van der Waals surface area contributed by atoms with Gasteiger partial charge in [0.05, 0.1) is 0 Å². The van der Waals surface area contributed by atoms with E-state index >= 15 is 0 Å². The Morgan fingerprint density at radius 3 is 3.00 bits per heavy atom. The molecule has 10 heavy (non-hydrogen) atoms. The van der Waals surface area contributed by atoms with Crippen molar-refractivity contribution in [3.05, 3.63) is 0 Å². The first kappa shape index (κ1) is 7.98. The van der Waals surface area contributed by atoms with E-state index in [2.05, 4.69) is 17.4 Å². The molecule has 1 atom stereocenters. The Labute approximate surface area is 62.0 Å². The van der Waals surface area contributed by atoms with Crippen LogP contribution >= 0.6 is 0 Å². The van der Waals surface area contributed by atoms with Crippen molar-refractivity contribution < 1.29 is 5.21 Å². The fraction of sp³-hybridized carbons (Fsp3) is 1.00. The molecule has 1 unspecified atom stereocenters. The van der Waals surface area contributed by atoms with Gasteiger partial charge in [-0.05, 0) is 32.9 Å². The minimum Gasteiger partial charge on any atom is -0.317 e. The summed E-state index contributed by atoms with van der Waals surface area (Å²) in [6.45, 7) is 1.94. The lowest BCUT2D eigenvalue weighted by Crippen LogP contribution is -2.28. The van der Waals surface area contributed by atoms with Gasteiger partial charge in [0.15, 0.2) is 0 Å². The van der Waals surface area contributed by atoms with E-state index in [9.17, 15) is 0 Å². The highest BCUT2D eigenvalue weighted by Crippen LogP contribution is 2.16. The van der Waals surface area contributed by atoms with E-state index in [1.54, 1.807) is 0 Å². The highest BCUT2D eigenvalue weighted by Gasteiger charge is 2.19. The highest BCUT2D eigenvalue weighted by atomic mass is 16.5. The second kappa shape index (κ2) is 3.91. The molecule has 1 aliphatic heterocycles. The van der Waals surface area contributed by atoms with Crippen LogP contribution in [-0.4, -0.2) is 36.3 Å². The molecule has 1 heterocycles. The summed E-state index contributed by atoms with van der Waals surface area (Å²) in [5.41, 5.74) is 2.19. The maximum absolute atomic E-state index is 8.34. The average molecular weight is 144 g/mol. The summed E-state index contributed by atoms with van der Waals surface area (Å²) in [4.78, 5) is 2.36. The molecule has 0 radical (unpaired) electrons. The molecule has 2 N–H and O–H groups in total. The van der Waals surface area contributed by atoms with Crippen molar-refractivity contribution in [2.45, 2.75) is 25.3 Å². The number of nitrogens with zero attached hydrogens (tertiary/aromatic N) is 1. The van der Waals surface area contributed by atoms with Crippen LogP contribution in [0.4, 0.5) is 0 Å². The first-order valence-electron chi connectivity index (χ1n) is 3.92. The van der Waals surface area contributed by atoms with Crippen LogP contribution in [0.3, 0.4) is 0 Å². The topological polar surface area (TPSA) is 35.5 Å². The molecule has 1 fully saturated rings. The fourth-order valence-corrected chi connectivity index (χ4v) is 1.58. The van der Waals surface area contributed by atoms with Crippen LogP contribution in [0.1, 0.15) is 19.3 Å². The van der Waals surface area contributed by atoms with Crippen molar-refractivity contribution in [2.24, 2.45) is 0 Å². The van der Waals surface area contributed by atoms with E-state index in [-0.39, 0.29) is 0 Å². The third-order valence-electron chi connectivity index (χ3n) is 2.26. The zero-order chi connectivity index (χ0) is 7.40. The Morgan fingerprint density at radius 2 is 2.50 bits per heavy atom. The van der Waals surface area contributed by atoms with Gasteiger partial charge in [-0.3, -0.25) is 0 Å². The van der Waals surface area contributed by atoms with Gasteiger partial charge < -0.3 is 10.1 Å². The Kier molecular flexibility index (Phi) is 3.12. The van der Waals surface area contributed by atoms with Crippen molar-refractivity contribution >= 4 is 0 Å². The van der Waals surface area contributed by atoms with Crippen molar-refractivity contribution in [2.75, 3.05) is 20.1 Å². The van der Waals surface area contributed by atoms with Gasteiger partial charge in [-0.2, -0.15) is 0 Å². The highest BCUT2D eigenvalue weighted by molar-refractivity contribution is 4.75. The molecule has 1 aliphatic rings. The summed E-state index contributed by atoms with van der Waals surface area (Å²) in [5.74, 6) is 0. The Balaban J connectivity index is 2.14. The quantitative estimate of drug-likeness (QED) is 0.564. The molecule has 0 aromatic rings. The van der Waals surface area contributed by atoms with Gasteiger partial charge in [-0.1, -0.05) is 0 Å². The van der Waals surface area contributed by atoms with Gasteiger partial charge in [0.25, 0.3) is 0 Å². The van der Waals surface area contributed by atoms with Gasteiger partial charge in [0.2, 0.25) is 0 Å². The number of likely N-dealkylation sites (tertiary alicyclic amines) is 1. The maximum atomic E-state index is 8.34. The molecule has 60 valence electrons. The minimum absolute atomic E-state index is 0.694. The molecule has 0 bridgehead atoms. The van der Waals surface area contributed by atoms with Gasteiger partial charge >= 0.3 is 0 Å². The molecule has 0 saturated carbocycles. The molecule has 0 aromatic carbocycles. The SMILES string of the molecule is CN1CCCC1CCNO. The minimum atomic E-state index is 0.694. The second-order valence-electron chi connectivity index (χ2n) is 2.97. The smallest absolute Gasteiger partial charge is 0.0222 e. The summed E-state index contributed by atoms with van der Waals surface area (Å²) < 4.78 is 0. The standard InChI is InChI=1S/C7H16N2O/c1-9-6-2-3-7(9)4-5-8-10/h7-8,10H,2-6H2,1H3. The molecule has 0 spiro atoms. The first-order valence-corrected chi connectivity index (χ1v) is 3.92. The third-order valence-corrected chi connectivity index (χ3v) is 2.26. The molecule has 1 rings (SSSR count). The van der Waals surface area contributed by atoms with Crippen molar-refractivity contribution in [1.29, 1.82) is 0 Å². The number of rotatable bonds is 3. The summed E-state index contributed by atoms with van der Waals surface area (Å²) in [6.07, 6.45) is 3.66. The van der Waals surface area contributed by atoms with Crippen LogP contribution in [0.15, 0.2) is 0 Å². The zero-order valence-electron chi connectivity index (χ0n) is 6.51. The lowest BCUT2D eigenvalue weighted by molar-refractivity contribution is 0.153. The fourth-order valence-electron chi connectivity index (χ4n) is 1.58. The first-order chi connectivity index (χ1) is 4.84. The van der Waals surface area contributed by atoms with Crippen molar-refractivity contribution in [3.63, 3.8) is 0 Å². The second-order valence-corrected chi connectivity index (χ2v) is 2.97. The van der Waals surface area contributed by atoms with Gasteiger partial charge in [0, 0.05) is 12.6 Å². The van der Waals surface area contributed by atoms with Crippen LogP contribution in [0, 0.1) is 0 Å². The van der Waals surface area contributed by atoms with E-state index in [4.69, 9.17) is 5.21 Å². The number of hydrogen-bond acceptors (Lipinski definition) is 3. The van der Waals surface area contributed by atoms with Crippen LogP contribution in [0.2, 0.25) is 0 Å². The van der Waals surface area contributed by atoms with Crippen LogP contribution < -0.4 is 5.48 Å². The predicted molar refractivity (Wildman–Crippen MR) is 40.1 cm³/mol.